The molecule has 2 nitrogen and oxygen atoms in total. The molecule has 0 aromatic heterocycles. The summed E-state index contributed by atoms with van der Waals surface area (Å²) in [4.78, 5) is 2.68. The van der Waals surface area contributed by atoms with Crippen LogP contribution in [0.3, 0.4) is 0 Å². The van der Waals surface area contributed by atoms with Crippen molar-refractivity contribution in [2.24, 2.45) is 0 Å². The van der Waals surface area contributed by atoms with Gasteiger partial charge in [0, 0.05) is 30.7 Å². The van der Waals surface area contributed by atoms with Crippen molar-refractivity contribution in [1.29, 1.82) is 0 Å². The first-order valence-corrected chi connectivity index (χ1v) is 6.95. The summed E-state index contributed by atoms with van der Waals surface area (Å²) < 4.78 is 0. The monoisotopic (exact) mass is 228 g/mol. The highest BCUT2D eigenvalue weighted by Gasteiger charge is 2.46. The Balaban J connectivity index is 1.85. The van der Waals surface area contributed by atoms with Crippen LogP contribution in [0.25, 0.3) is 0 Å². The van der Waals surface area contributed by atoms with Crippen LogP contribution in [0.4, 0.5) is 5.69 Å². The van der Waals surface area contributed by atoms with E-state index >= 15 is 0 Å². The van der Waals surface area contributed by atoms with Gasteiger partial charge in [-0.3, -0.25) is 0 Å². The van der Waals surface area contributed by atoms with E-state index < -0.39 is 0 Å². The van der Waals surface area contributed by atoms with Gasteiger partial charge in [0.1, 0.15) is 0 Å². The van der Waals surface area contributed by atoms with Crippen LogP contribution in [0.1, 0.15) is 36.3 Å². The standard InChI is InChI=1S/C15H20N2/c1-10-5-6-14-12(9-10)11-3-2-4-13-15(11)17(14)8-7-16-13/h5-6,9,11,13,15-16H,2-4,7-8H2,1H3/t11-,13-,15-/m0/s1. The summed E-state index contributed by atoms with van der Waals surface area (Å²) >= 11 is 0. The number of aryl methyl sites for hydroxylation is 1. The third-order valence-corrected chi connectivity index (χ3v) is 4.87. The molecule has 0 amide bonds. The number of fused-ring (bicyclic) bond motifs is 3. The number of nitrogens with one attached hydrogen (secondary N) is 1. The summed E-state index contributed by atoms with van der Waals surface area (Å²) in [6.07, 6.45) is 4.14. The summed E-state index contributed by atoms with van der Waals surface area (Å²) in [7, 11) is 0. The van der Waals surface area contributed by atoms with E-state index in [4.69, 9.17) is 0 Å². The summed E-state index contributed by atoms with van der Waals surface area (Å²) in [6.45, 7) is 4.56. The second-order valence-electron chi connectivity index (χ2n) is 5.84. The molecule has 0 radical (unpaired) electrons. The number of anilines is 1. The minimum Gasteiger partial charge on any atom is -0.365 e. The van der Waals surface area contributed by atoms with Gasteiger partial charge in [-0.25, -0.2) is 0 Å². The summed E-state index contributed by atoms with van der Waals surface area (Å²) in [6, 6.07) is 8.53. The second-order valence-corrected chi connectivity index (χ2v) is 5.84. The Bertz CT molecular complexity index is 452. The van der Waals surface area contributed by atoms with Gasteiger partial charge in [0.25, 0.3) is 0 Å². The molecule has 2 fully saturated rings. The fourth-order valence-electron chi connectivity index (χ4n) is 4.21. The topological polar surface area (TPSA) is 15.3 Å². The SMILES string of the molecule is Cc1ccc2c(c1)[C@@H]1CCC[C@@H]3NCCN2[C@H]31. The molecule has 1 saturated carbocycles. The van der Waals surface area contributed by atoms with Crippen LogP contribution in [0.2, 0.25) is 0 Å². The normalized spacial score (nSPS) is 34.4. The zero-order valence-corrected chi connectivity index (χ0v) is 10.4. The average molecular weight is 228 g/mol. The van der Waals surface area contributed by atoms with E-state index in [-0.39, 0.29) is 0 Å². The predicted octanol–water partition coefficient (Wildman–Crippen LogP) is 2.42. The van der Waals surface area contributed by atoms with Crippen molar-refractivity contribution in [3.63, 3.8) is 0 Å². The molecule has 2 heterocycles. The third-order valence-electron chi connectivity index (χ3n) is 4.87. The molecule has 90 valence electrons. The van der Waals surface area contributed by atoms with Crippen molar-refractivity contribution in [3.05, 3.63) is 29.3 Å². The lowest BCUT2D eigenvalue weighted by atomic mass is 9.78. The maximum absolute atomic E-state index is 3.73. The molecule has 17 heavy (non-hydrogen) atoms. The van der Waals surface area contributed by atoms with Crippen molar-refractivity contribution in [2.75, 3.05) is 18.0 Å². The van der Waals surface area contributed by atoms with E-state index in [1.54, 1.807) is 5.56 Å². The summed E-state index contributed by atoms with van der Waals surface area (Å²) in [5.74, 6) is 0.788. The van der Waals surface area contributed by atoms with E-state index in [1.165, 1.54) is 37.1 Å². The van der Waals surface area contributed by atoms with Crippen molar-refractivity contribution < 1.29 is 0 Å². The number of rotatable bonds is 0. The van der Waals surface area contributed by atoms with Gasteiger partial charge in [0.05, 0.1) is 6.04 Å². The molecular formula is C15H20N2. The lowest BCUT2D eigenvalue weighted by molar-refractivity contribution is 0.270. The molecular weight excluding hydrogens is 208 g/mol. The molecule has 3 aliphatic rings. The van der Waals surface area contributed by atoms with Crippen molar-refractivity contribution in [3.8, 4) is 0 Å². The smallest absolute Gasteiger partial charge is 0.0513 e. The van der Waals surface area contributed by atoms with Gasteiger partial charge < -0.3 is 10.2 Å². The molecule has 1 aliphatic carbocycles. The maximum atomic E-state index is 3.73. The number of hydrogen-bond donors (Lipinski definition) is 1. The largest absolute Gasteiger partial charge is 0.365 e. The van der Waals surface area contributed by atoms with Crippen LogP contribution in [-0.2, 0) is 0 Å². The quantitative estimate of drug-likeness (QED) is 0.733. The highest BCUT2D eigenvalue weighted by molar-refractivity contribution is 5.64. The summed E-state index contributed by atoms with van der Waals surface area (Å²) in [5.41, 5.74) is 4.57. The highest BCUT2D eigenvalue weighted by Crippen LogP contribution is 2.48. The average Bonchev–Trinajstić information content (AvgIpc) is 2.67. The van der Waals surface area contributed by atoms with Crippen LogP contribution in [0, 0.1) is 6.92 Å². The number of hydrogen-bond acceptors (Lipinski definition) is 2. The van der Waals surface area contributed by atoms with Gasteiger partial charge >= 0.3 is 0 Å². The van der Waals surface area contributed by atoms with Crippen molar-refractivity contribution >= 4 is 5.69 Å². The van der Waals surface area contributed by atoms with Crippen molar-refractivity contribution in [1.82, 2.24) is 5.32 Å². The van der Waals surface area contributed by atoms with E-state index in [0.717, 1.165) is 24.5 Å². The Hall–Kier alpha value is -1.02. The van der Waals surface area contributed by atoms with Gasteiger partial charge in [-0.1, -0.05) is 24.1 Å². The van der Waals surface area contributed by atoms with Gasteiger partial charge in [0.2, 0.25) is 0 Å². The van der Waals surface area contributed by atoms with E-state index in [9.17, 15) is 0 Å². The Labute approximate surface area is 103 Å². The molecule has 1 aromatic carbocycles. The minimum atomic E-state index is 0.732. The van der Waals surface area contributed by atoms with Gasteiger partial charge in [-0.05, 0) is 31.4 Å². The molecule has 0 spiro atoms. The fourth-order valence-corrected chi connectivity index (χ4v) is 4.21. The second kappa shape index (κ2) is 3.49. The Morgan fingerprint density at radius 3 is 3.18 bits per heavy atom. The van der Waals surface area contributed by atoms with Crippen LogP contribution < -0.4 is 10.2 Å². The van der Waals surface area contributed by atoms with Crippen LogP contribution in [0.15, 0.2) is 18.2 Å². The lowest BCUT2D eigenvalue weighted by Crippen LogP contribution is -2.59. The zero-order valence-electron chi connectivity index (χ0n) is 10.4. The zero-order chi connectivity index (χ0) is 11.4. The Kier molecular flexibility index (Phi) is 2.04. The first kappa shape index (κ1) is 9.95. The molecule has 2 heteroatoms. The summed E-state index contributed by atoms with van der Waals surface area (Å²) in [5, 5.41) is 3.73. The molecule has 2 aliphatic heterocycles. The van der Waals surface area contributed by atoms with E-state index in [1.807, 2.05) is 0 Å². The number of nitrogens with zero attached hydrogens (tertiary/aromatic N) is 1. The molecule has 1 aromatic rings. The molecule has 0 bridgehead atoms. The van der Waals surface area contributed by atoms with E-state index in [0.29, 0.717) is 0 Å². The molecule has 1 saturated heterocycles. The Morgan fingerprint density at radius 1 is 1.29 bits per heavy atom. The van der Waals surface area contributed by atoms with Crippen molar-refractivity contribution in [2.45, 2.75) is 44.2 Å². The third kappa shape index (κ3) is 1.30. The fraction of sp³-hybridized carbons (Fsp3) is 0.600. The lowest BCUT2D eigenvalue weighted by Gasteiger charge is -2.44. The predicted molar refractivity (Wildman–Crippen MR) is 70.7 cm³/mol. The Morgan fingerprint density at radius 2 is 2.24 bits per heavy atom. The van der Waals surface area contributed by atoms with Gasteiger partial charge in [0.15, 0.2) is 0 Å². The highest BCUT2D eigenvalue weighted by atomic mass is 15.3. The van der Waals surface area contributed by atoms with E-state index in [2.05, 4.69) is 35.3 Å². The molecule has 4 rings (SSSR count). The first-order valence-electron chi connectivity index (χ1n) is 6.95. The molecule has 1 N–H and O–H groups in total. The molecule has 3 atom stereocenters. The minimum absolute atomic E-state index is 0.732. The van der Waals surface area contributed by atoms with Crippen LogP contribution in [0.5, 0.6) is 0 Å². The maximum Gasteiger partial charge on any atom is 0.0513 e. The van der Waals surface area contributed by atoms with Gasteiger partial charge in [-0.2, -0.15) is 0 Å². The van der Waals surface area contributed by atoms with Gasteiger partial charge in [-0.15, -0.1) is 0 Å². The number of benzene rings is 1. The van der Waals surface area contributed by atoms with Crippen LogP contribution >= 0.6 is 0 Å². The first-order chi connectivity index (χ1) is 8.34. The number of piperazine rings is 1. The molecule has 0 unspecified atom stereocenters. The van der Waals surface area contributed by atoms with Crippen LogP contribution in [-0.4, -0.2) is 25.2 Å².